The van der Waals surface area contributed by atoms with Gasteiger partial charge in [0.15, 0.2) is 5.06 Å². The Morgan fingerprint density at radius 3 is 2.94 bits per heavy atom. The lowest BCUT2D eigenvalue weighted by Gasteiger charge is -2.10. The summed E-state index contributed by atoms with van der Waals surface area (Å²) in [5, 5.41) is 4.09. The first kappa shape index (κ1) is 13.5. The van der Waals surface area contributed by atoms with Gasteiger partial charge in [-0.2, -0.15) is 0 Å². The van der Waals surface area contributed by atoms with Gasteiger partial charge in [0.05, 0.1) is 11.6 Å². The Morgan fingerprint density at radius 1 is 1.75 bits per heavy atom. The smallest absolute Gasteiger partial charge is 0.218 e. The number of ether oxygens (including phenoxy) is 1. The molecule has 0 fully saturated rings. The maximum absolute atomic E-state index is 10.7. The average molecular weight is 307 g/mol. The average Bonchev–Trinajstić information content (AvgIpc) is 2.55. The molecule has 0 saturated carbocycles. The summed E-state index contributed by atoms with van der Waals surface area (Å²) < 4.78 is 6.12. The van der Waals surface area contributed by atoms with E-state index in [-0.39, 0.29) is 11.9 Å². The van der Waals surface area contributed by atoms with Gasteiger partial charge in [-0.3, -0.25) is 4.79 Å². The van der Waals surface area contributed by atoms with Gasteiger partial charge in [-0.15, -0.1) is 11.3 Å². The monoisotopic (exact) mass is 306 g/mol. The number of hydrogen-bond acceptors (Lipinski definition) is 4. The summed E-state index contributed by atoms with van der Waals surface area (Å²) in [7, 11) is 1.64. The maximum atomic E-state index is 10.7. The molecule has 0 aliphatic carbocycles. The van der Waals surface area contributed by atoms with Crippen molar-refractivity contribution >= 4 is 33.2 Å². The molecule has 0 bridgehead atoms. The number of carbonyl (C=O) groups is 1. The van der Waals surface area contributed by atoms with Crippen LogP contribution in [0, 0.1) is 0 Å². The molecule has 1 unspecified atom stereocenters. The van der Waals surface area contributed by atoms with Crippen LogP contribution in [0.25, 0.3) is 0 Å². The number of methoxy groups -OCH3 is 1. The lowest BCUT2D eigenvalue weighted by Crippen LogP contribution is -2.30. The zero-order valence-electron chi connectivity index (χ0n) is 9.25. The van der Waals surface area contributed by atoms with E-state index in [0.717, 1.165) is 14.4 Å². The van der Waals surface area contributed by atoms with Crippen molar-refractivity contribution in [2.24, 2.45) is 5.73 Å². The molecule has 1 aromatic heterocycles. The Morgan fingerprint density at radius 2 is 2.44 bits per heavy atom. The molecule has 4 nitrogen and oxygen atoms in total. The minimum atomic E-state index is -0.287. The van der Waals surface area contributed by atoms with Crippen LogP contribution < -0.4 is 15.8 Å². The molecule has 1 heterocycles. The molecule has 0 radical (unpaired) electrons. The van der Waals surface area contributed by atoms with E-state index in [1.54, 1.807) is 18.4 Å². The first-order valence-corrected chi connectivity index (χ1v) is 6.47. The molecule has 16 heavy (non-hydrogen) atoms. The first-order chi connectivity index (χ1) is 7.52. The third kappa shape index (κ3) is 4.11. The van der Waals surface area contributed by atoms with Crippen molar-refractivity contribution in [3.8, 4) is 5.06 Å². The third-order valence-electron chi connectivity index (χ3n) is 2.02. The van der Waals surface area contributed by atoms with E-state index >= 15 is 0 Å². The molecule has 0 spiro atoms. The standard InChI is InChI=1S/C10H15BrN2O2S/c1-6(3-9(12)14)13-5-7-4-8(11)10(15-2)16-7/h4,6,13H,3,5H2,1-2H3,(H2,12,14). The van der Waals surface area contributed by atoms with Crippen molar-refractivity contribution < 1.29 is 9.53 Å². The predicted octanol–water partition coefficient (Wildman–Crippen LogP) is 1.87. The van der Waals surface area contributed by atoms with E-state index in [9.17, 15) is 4.79 Å². The van der Waals surface area contributed by atoms with Crippen molar-refractivity contribution in [3.63, 3.8) is 0 Å². The minimum absolute atomic E-state index is 0.0874. The number of hydrogen-bond donors (Lipinski definition) is 2. The van der Waals surface area contributed by atoms with Crippen molar-refractivity contribution in [1.82, 2.24) is 5.32 Å². The molecule has 1 aromatic rings. The summed E-state index contributed by atoms with van der Waals surface area (Å²) in [4.78, 5) is 11.8. The summed E-state index contributed by atoms with van der Waals surface area (Å²) in [5.74, 6) is -0.287. The molecular weight excluding hydrogens is 292 g/mol. The predicted molar refractivity (Wildman–Crippen MR) is 68.7 cm³/mol. The molecule has 90 valence electrons. The highest BCUT2D eigenvalue weighted by atomic mass is 79.9. The van der Waals surface area contributed by atoms with Crippen LogP contribution in [0.4, 0.5) is 0 Å². The third-order valence-corrected chi connectivity index (χ3v) is 3.97. The molecule has 0 aliphatic rings. The Labute approximate surface area is 107 Å². The molecule has 0 aromatic carbocycles. The highest BCUT2D eigenvalue weighted by Crippen LogP contribution is 2.34. The van der Waals surface area contributed by atoms with Gasteiger partial charge in [0.1, 0.15) is 0 Å². The number of carbonyl (C=O) groups excluding carboxylic acids is 1. The van der Waals surface area contributed by atoms with Gasteiger partial charge in [0.25, 0.3) is 0 Å². The van der Waals surface area contributed by atoms with Gasteiger partial charge in [0, 0.05) is 23.9 Å². The van der Waals surface area contributed by atoms with E-state index < -0.39 is 0 Å². The lowest BCUT2D eigenvalue weighted by molar-refractivity contribution is -0.118. The van der Waals surface area contributed by atoms with Gasteiger partial charge >= 0.3 is 0 Å². The van der Waals surface area contributed by atoms with Gasteiger partial charge in [-0.05, 0) is 28.9 Å². The molecule has 0 saturated heterocycles. The Bertz CT molecular complexity index is 368. The van der Waals surface area contributed by atoms with E-state index in [0.29, 0.717) is 13.0 Å². The highest BCUT2D eigenvalue weighted by molar-refractivity contribution is 9.10. The number of primary amides is 1. The van der Waals surface area contributed by atoms with E-state index in [1.165, 1.54) is 0 Å². The van der Waals surface area contributed by atoms with Gasteiger partial charge in [-0.1, -0.05) is 0 Å². The van der Waals surface area contributed by atoms with Crippen LogP contribution in [0.5, 0.6) is 5.06 Å². The fourth-order valence-electron chi connectivity index (χ4n) is 1.27. The van der Waals surface area contributed by atoms with Crippen LogP contribution in [0.2, 0.25) is 0 Å². The molecular formula is C10H15BrN2O2S. The van der Waals surface area contributed by atoms with Crippen LogP contribution in [-0.4, -0.2) is 19.1 Å². The number of rotatable bonds is 6. The van der Waals surface area contributed by atoms with Crippen molar-refractivity contribution in [1.29, 1.82) is 0 Å². The maximum Gasteiger partial charge on any atom is 0.218 e. The molecule has 6 heteroatoms. The quantitative estimate of drug-likeness (QED) is 0.843. The second-order valence-corrected chi connectivity index (χ2v) is 5.46. The SMILES string of the molecule is COc1sc(CNC(C)CC(N)=O)cc1Br. The summed E-state index contributed by atoms with van der Waals surface area (Å²) in [6.07, 6.45) is 0.351. The van der Waals surface area contributed by atoms with Crippen LogP contribution in [-0.2, 0) is 11.3 Å². The van der Waals surface area contributed by atoms with Gasteiger partial charge < -0.3 is 15.8 Å². The Hall–Kier alpha value is -0.590. The highest BCUT2D eigenvalue weighted by Gasteiger charge is 2.09. The van der Waals surface area contributed by atoms with E-state index in [1.807, 2.05) is 13.0 Å². The second-order valence-electron chi connectivity index (χ2n) is 3.50. The first-order valence-electron chi connectivity index (χ1n) is 4.86. The topological polar surface area (TPSA) is 64.3 Å². The molecule has 3 N–H and O–H groups in total. The number of amides is 1. The number of thiophene rings is 1. The number of halogens is 1. The lowest BCUT2D eigenvalue weighted by atomic mass is 10.2. The van der Waals surface area contributed by atoms with Gasteiger partial charge in [0.2, 0.25) is 5.91 Å². The largest absolute Gasteiger partial charge is 0.486 e. The summed E-state index contributed by atoms with van der Waals surface area (Å²) in [6.45, 7) is 2.64. The molecule has 0 aliphatic heterocycles. The molecule has 1 atom stereocenters. The molecule has 1 rings (SSSR count). The van der Waals surface area contributed by atoms with Crippen LogP contribution in [0.15, 0.2) is 10.5 Å². The fraction of sp³-hybridized carbons (Fsp3) is 0.500. The van der Waals surface area contributed by atoms with E-state index in [2.05, 4.69) is 21.2 Å². The Kier molecular flexibility index (Phi) is 5.24. The van der Waals surface area contributed by atoms with Gasteiger partial charge in [-0.25, -0.2) is 0 Å². The normalized spacial score (nSPS) is 12.4. The number of nitrogens with two attached hydrogens (primary N) is 1. The van der Waals surface area contributed by atoms with Crippen molar-refractivity contribution in [2.75, 3.05) is 7.11 Å². The van der Waals surface area contributed by atoms with Crippen LogP contribution in [0.1, 0.15) is 18.2 Å². The van der Waals surface area contributed by atoms with E-state index in [4.69, 9.17) is 10.5 Å². The number of nitrogens with one attached hydrogen (secondary N) is 1. The summed E-state index contributed by atoms with van der Waals surface area (Å²) >= 11 is 4.98. The fourth-order valence-corrected chi connectivity index (χ4v) is 2.92. The minimum Gasteiger partial charge on any atom is -0.486 e. The van der Waals surface area contributed by atoms with Crippen molar-refractivity contribution in [3.05, 3.63) is 15.4 Å². The van der Waals surface area contributed by atoms with Crippen LogP contribution in [0.3, 0.4) is 0 Å². The summed E-state index contributed by atoms with van der Waals surface area (Å²) in [6, 6.07) is 2.09. The van der Waals surface area contributed by atoms with Crippen LogP contribution >= 0.6 is 27.3 Å². The Balaban J connectivity index is 2.45. The van der Waals surface area contributed by atoms with Crippen molar-refractivity contribution in [2.45, 2.75) is 25.9 Å². The zero-order chi connectivity index (χ0) is 12.1. The molecule has 1 amide bonds. The zero-order valence-corrected chi connectivity index (χ0v) is 11.7. The second kappa shape index (κ2) is 6.22. The summed E-state index contributed by atoms with van der Waals surface area (Å²) in [5.41, 5.74) is 5.11.